The number of nitrogens with zero attached hydrogens (tertiary/aromatic N) is 1. The molecule has 3 aromatic rings. The molecule has 7 heteroatoms. The van der Waals surface area contributed by atoms with Crippen LogP contribution < -0.4 is 20.1 Å². The summed E-state index contributed by atoms with van der Waals surface area (Å²) in [5.41, 5.74) is 3.37. The average molecular weight is 398 g/mol. The van der Waals surface area contributed by atoms with Crippen LogP contribution in [0, 0.1) is 6.92 Å². The number of carbonyl (C=O) groups excluding carboxylic acids is 1. The second-order valence-corrected chi connectivity index (χ2v) is 7.04. The number of aromatic nitrogens is 1. The number of anilines is 2. The van der Waals surface area contributed by atoms with Gasteiger partial charge in [0.15, 0.2) is 5.13 Å². The zero-order chi connectivity index (χ0) is 19.9. The summed E-state index contributed by atoms with van der Waals surface area (Å²) in [6.07, 6.45) is 0.686. The first-order valence-electron chi connectivity index (χ1n) is 8.88. The van der Waals surface area contributed by atoms with E-state index < -0.39 is 0 Å². The van der Waals surface area contributed by atoms with Crippen molar-refractivity contribution in [2.24, 2.45) is 0 Å². The normalized spacial score (nSPS) is 10.4. The minimum Gasteiger partial charge on any atom is -0.496 e. The Bertz CT molecular complexity index is 956. The number of carbonyl (C=O) groups is 1. The van der Waals surface area contributed by atoms with E-state index in [4.69, 9.17) is 9.47 Å². The van der Waals surface area contributed by atoms with Crippen molar-refractivity contribution in [1.29, 1.82) is 0 Å². The number of aryl methyl sites for hydroxylation is 1. The summed E-state index contributed by atoms with van der Waals surface area (Å²) in [6.45, 7) is 2.51. The Kier molecular flexibility index (Phi) is 6.49. The molecule has 0 bridgehead atoms. The summed E-state index contributed by atoms with van der Waals surface area (Å²) in [4.78, 5) is 16.8. The molecule has 0 spiro atoms. The Balaban J connectivity index is 1.59. The molecular formula is C21H23N3O3S. The van der Waals surface area contributed by atoms with Crippen LogP contribution in [0.3, 0.4) is 0 Å². The molecular weight excluding hydrogens is 374 g/mol. The van der Waals surface area contributed by atoms with Crippen molar-refractivity contribution in [2.45, 2.75) is 13.3 Å². The molecule has 0 saturated carbocycles. The van der Waals surface area contributed by atoms with Crippen LogP contribution in [0.4, 0.5) is 10.8 Å². The van der Waals surface area contributed by atoms with E-state index in [-0.39, 0.29) is 5.91 Å². The third kappa shape index (κ3) is 4.80. The molecule has 146 valence electrons. The minimum atomic E-state index is -0.199. The Morgan fingerprint density at radius 1 is 1.11 bits per heavy atom. The molecule has 2 aromatic carbocycles. The molecule has 0 unspecified atom stereocenters. The molecule has 1 amide bonds. The van der Waals surface area contributed by atoms with E-state index in [9.17, 15) is 4.79 Å². The van der Waals surface area contributed by atoms with Gasteiger partial charge in [-0.1, -0.05) is 24.3 Å². The van der Waals surface area contributed by atoms with Crippen LogP contribution in [0.1, 0.15) is 21.6 Å². The third-order valence-corrected chi connectivity index (χ3v) is 4.96. The summed E-state index contributed by atoms with van der Waals surface area (Å²) < 4.78 is 10.7. The molecule has 1 aromatic heterocycles. The summed E-state index contributed by atoms with van der Waals surface area (Å²) in [6, 6.07) is 13.6. The van der Waals surface area contributed by atoms with Crippen LogP contribution in [-0.2, 0) is 6.42 Å². The zero-order valence-corrected chi connectivity index (χ0v) is 16.9. The lowest BCUT2D eigenvalue weighted by Crippen LogP contribution is -2.26. The van der Waals surface area contributed by atoms with E-state index in [0.29, 0.717) is 23.8 Å². The number of hydrogen-bond acceptors (Lipinski definition) is 6. The molecule has 0 saturated heterocycles. The summed E-state index contributed by atoms with van der Waals surface area (Å²) in [7, 11) is 3.27. The van der Waals surface area contributed by atoms with Gasteiger partial charge in [-0.2, -0.15) is 0 Å². The first kappa shape index (κ1) is 19.7. The monoisotopic (exact) mass is 397 g/mol. The number of amides is 1. The largest absolute Gasteiger partial charge is 0.496 e. The fourth-order valence-corrected chi connectivity index (χ4v) is 3.48. The number of nitrogens with one attached hydrogen (secondary N) is 2. The first-order chi connectivity index (χ1) is 13.6. The van der Waals surface area contributed by atoms with Crippen molar-refractivity contribution in [1.82, 2.24) is 10.3 Å². The van der Waals surface area contributed by atoms with Gasteiger partial charge in [-0.15, -0.1) is 11.3 Å². The van der Waals surface area contributed by atoms with Gasteiger partial charge in [0.05, 0.1) is 19.9 Å². The van der Waals surface area contributed by atoms with Gasteiger partial charge in [-0.3, -0.25) is 4.79 Å². The highest BCUT2D eigenvalue weighted by Gasteiger charge is 2.12. The van der Waals surface area contributed by atoms with Crippen molar-refractivity contribution in [2.75, 3.05) is 26.1 Å². The maximum Gasteiger partial charge on any atom is 0.270 e. The van der Waals surface area contributed by atoms with Gasteiger partial charge in [0, 0.05) is 11.9 Å². The predicted molar refractivity (Wildman–Crippen MR) is 112 cm³/mol. The molecule has 0 aliphatic carbocycles. The van der Waals surface area contributed by atoms with Crippen molar-refractivity contribution in [3.63, 3.8) is 0 Å². The van der Waals surface area contributed by atoms with E-state index >= 15 is 0 Å². The van der Waals surface area contributed by atoms with Crippen molar-refractivity contribution in [3.8, 4) is 11.5 Å². The van der Waals surface area contributed by atoms with Crippen LogP contribution in [0.2, 0.25) is 0 Å². The van der Waals surface area contributed by atoms with Crippen molar-refractivity contribution in [3.05, 3.63) is 64.7 Å². The highest BCUT2D eigenvalue weighted by atomic mass is 32.1. The van der Waals surface area contributed by atoms with Crippen LogP contribution >= 0.6 is 11.3 Å². The minimum absolute atomic E-state index is 0.199. The van der Waals surface area contributed by atoms with Crippen LogP contribution in [0.5, 0.6) is 11.5 Å². The topological polar surface area (TPSA) is 72.5 Å². The molecule has 6 nitrogen and oxygen atoms in total. The van der Waals surface area contributed by atoms with Crippen LogP contribution in [0.15, 0.2) is 47.8 Å². The molecule has 0 aliphatic rings. The fourth-order valence-electron chi connectivity index (χ4n) is 2.78. The van der Waals surface area contributed by atoms with E-state index in [1.165, 1.54) is 11.3 Å². The Morgan fingerprint density at radius 2 is 1.89 bits per heavy atom. The van der Waals surface area contributed by atoms with Crippen LogP contribution in [0.25, 0.3) is 0 Å². The molecule has 1 heterocycles. The molecule has 0 aliphatic heterocycles. The highest BCUT2D eigenvalue weighted by Crippen LogP contribution is 2.30. The van der Waals surface area contributed by atoms with E-state index in [1.54, 1.807) is 19.6 Å². The smallest absolute Gasteiger partial charge is 0.270 e. The quantitative estimate of drug-likeness (QED) is 0.596. The lowest BCUT2D eigenvalue weighted by atomic mass is 10.1. The predicted octanol–water partition coefficient (Wildman–Crippen LogP) is 4.18. The fraction of sp³-hybridized carbons (Fsp3) is 0.238. The lowest BCUT2D eigenvalue weighted by Gasteiger charge is -2.10. The zero-order valence-electron chi connectivity index (χ0n) is 16.1. The molecule has 0 atom stereocenters. The van der Waals surface area contributed by atoms with Crippen molar-refractivity contribution < 1.29 is 14.3 Å². The van der Waals surface area contributed by atoms with Gasteiger partial charge in [-0.25, -0.2) is 4.98 Å². The number of rotatable bonds is 8. The lowest BCUT2D eigenvalue weighted by molar-refractivity contribution is 0.0950. The Labute approximate surface area is 168 Å². The molecule has 2 N–H and O–H groups in total. The standard InChI is InChI=1S/C21H23N3O3S/c1-14-8-9-19(27-3)16(12-14)23-21-24-17(13-28-21)20(25)22-11-10-15-6-4-5-7-18(15)26-2/h4-9,12-13H,10-11H2,1-3H3,(H,22,25)(H,23,24). The average Bonchev–Trinajstić information content (AvgIpc) is 3.17. The summed E-state index contributed by atoms with van der Waals surface area (Å²) in [5, 5.41) is 8.50. The first-order valence-corrected chi connectivity index (χ1v) is 9.76. The number of hydrogen-bond donors (Lipinski definition) is 2. The van der Waals surface area contributed by atoms with Gasteiger partial charge in [0.1, 0.15) is 17.2 Å². The Hall–Kier alpha value is -3.06. The van der Waals surface area contributed by atoms with E-state index in [2.05, 4.69) is 15.6 Å². The van der Waals surface area contributed by atoms with E-state index in [1.807, 2.05) is 49.4 Å². The second-order valence-electron chi connectivity index (χ2n) is 6.18. The number of para-hydroxylation sites is 1. The molecule has 0 fully saturated rings. The van der Waals surface area contributed by atoms with Gasteiger partial charge in [0.2, 0.25) is 0 Å². The summed E-state index contributed by atoms with van der Waals surface area (Å²) in [5.74, 6) is 1.35. The van der Waals surface area contributed by atoms with Crippen molar-refractivity contribution >= 4 is 28.1 Å². The molecule has 0 radical (unpaired) electrons. The maximum atomic E-state index is 12.4. The number of thiazole rings is 1. The van der Waals surface area contributed by atoms with E-state index in [0.717, 1.165) is 28.3 Å². The highest BCUT2D eigenvalue weighted by molar-refractivity contribution is 7.14. The van der Waals surface area contributed by atoms with Gasteiger partial charge in [0.25, 0.3) is 5.91 Å². The molecule has 28 heavy (non-hydrogen) atoms. The third-order valence-electron chi connectivity index (χ3n) is 4.21. The van der Waals surface area contributed by atoms with Gasteiger partial charge >= 0.3 is 0 Å². The number of ether oxygens (including phenoxy) is 2. The number of methoxy groups -OCH3 is 2. The Morgan fingerprint density at radius 3 is 2.68 bits per heavy atom. The van der Waals surface area contributed by atoms with Gasteiger partial charge in [-0.05, 0) is 42.7 Å². The maximum absolute atomic E-state index is 12.4. The van der Waals surface area contributed by atoms with Gasteiger partial charge < -0.3 is 20.1 Å². The molecule has 3 rings (SSSR count). The number of benzene rings is 2. The SMILES string of the molecule is COc1ccccc1CCNC(=O)c1csc(Nc2cc(C)ccc2OC)n1. The second kappa shape index (κ2) is 9.23. The summed E-state index contributed by atoms with van der Waals surface area (Å²) >= 11 is 1.38. The van der Waals surface area contributed by atoms with Crippen LogP contribution in [-0.4, -0.2) is 31.7 Å².